The lowest BCUT2D eigenvalue weighted by Gasteiger charge is -2.14. The minimum Gasteiger partial charge on any atom is -0.493 e. The highest BCUT2D eigenvalue weighted by Gasteiger charge is 2.14. The molecule has 0 aromatic heterocycles. The molecule has 0 spiro atoms. The van der Waals surface area contributed by atoms with Gasteiger partial charge in [-0.2, -0.15) is 5.10 Å². The lowest BCUT2D eigenvalue weighted by molar-refractivity contribution is 0.0950. The smallest absolute Gasteiger partial charge is 0.275 e. The second-order valence-electron chi connectivity index (χ2n) is 9.18. The van der Waals surface area contributed by atoms with Gasteiger partial charge in [0.25, 0.3) is 5.91 Å². The van der Waals surface area contributed by atoms with Gasteiger partial charge in [-0.05, 0) is 80.9 Å². The largest absolute Gasteiger partial charge is 0.493 e. The van der Waals surface area contributed by atoms with Crippen LogP contribution < -0.4 is 19.6 Å². The molecule has 0 aliphatic heterocycles. The number of halogens is 3. The van der Waals surface area contributed by atoms with E-state index in [1.165, 1.54) is 0 Å². The van der Waals surface area contributed by atoms with Crippen LogP contribution in [0.4, 0.5) is 0 Å². The van der Waals surface area contributed by atoms with Crippen molar-refractivity contribution in [3.63, 3.8) is 0 Å². The maximum absolute atomic E-state index is 12.9. The van der Waals surface area contributed by atoms with E-state index in [4.69, 9.17) is 37.4 Å². The zero-order valence-corrected chi connectivity index (χ0v) is 26.1. The van der Waals surface area contributed by atoms with Gasteiger partial charge in [0.1, 0.15) is 19.0 Å². The van der Waals surface area contributed by atoms with Crippen LogP contribution in [0.5, 0.6) is 17.2 Å². The predicted octanol–water partition coefficient (Wildman–Crippen LogP) is 8.68. The lowest BCUT2D eigenvalue weighted by Crippen LogP contribution is -2.18. The van der Waals surface area contributed by atoms with Crippen LogP contribution in [0.25, 0.3) is 10.8 Å². The zero-order valence-electron chi connectivity index (χ0n) is 22.4. The molecular weight excluding hydrogens is 686 g/mol. The van der Waals surface area contributed by atoms with Crippen molar-refractivity contribution in [3.8, 4) is 17.2 Å². The van der Waals surface area contributed by atoms with Gasteiger partial charge in [0.05, 0.1) is 22.5 Å². The summed E-state index contributed by atoms with van der Waals surface area (Å²) in [5, 5.41) is 7.50. The molecule has 0 saturated carbocycles. The molecular formula is C33H25Cl2IN2O4. The van der Waals surface area contributed by atoms with Crippen molar-refractivity contribution in [2.24, 2.45) is 5.10 Å². The molecule has 5 aromatic rings. The summed E-state index contributed by atoms with van der Waals surface area (Å²) in [5.41, 5.74) is 5.48. The van der Waals surface area contributed by atoms with Gasteiger partial charge in [0, 0.05) is 15.6 Å². The van der Waals surface area contributed by atoms with Gasteiger partial charge in [0.15, 0.2) is 11.5 Å². The molecule has 0 heterocycles. The number of benzene rings is 5. The first-order chi connectivity index (χ1) is 20.4. The number of carbonyl (C=O) groups is 1. The van der Waals surface area contributed by atoms with Crippen LogP contribution in [0.2, 0.25) is 10.0 Å². The fourth-order valence-corrected chi connectivity index (χ4v) is 5.57. The first kappa shape index (κ1) is 29.7. The van der Waals surface area contributed by atoms with Gasteiger partial charge >= 0.3 is 0 Å². The quantitative estimate of drug-likeness (QED) is 0.0895. The average molecular weight is 711 g/mol. The Morgan fingerprint density at radius 1 is 0.857 bits per heavy atom. The second-order valence-corrected chi connectivity index (χ2v) is 11.2. The number of ether oxygens (including phenoxy) is 3. The van der Waals surface area contributed by atoms with Crippen molar-refractivity contribution < 1.29 is 19.0 Å². The van der Waals surface area contributed by atoms with E-state index >= 15 is 0 Å². The molecule has 212 valence electrons. The van der Waals surface area contributed by atoms with Gasteiger partial charge in [0.2, 0.25) is 0 Å². The van der Waals surface area contributed by atoms with Crippen LogP contribution in [-0.4, -0.2) is 19.2 Å². The monoisotopic (exact) mass is 710 g/mol. The maximum atomic E-state index is 12.9. The molecule has 1 N–H and O–H groups in total. The van der Waals surface area contributed by atoms with E-state index in [0.29, 0.717) is 39.5 Å². The third-order valence-electron chi connectivity index (χ3n) is 6.41. The van der Waals surface area contributed by atoms with Crippen LogP contribution in [-0.2, 0) is 13.2 Å². The van der Waals surface area contributed by atoms with E-state index in [1.807, 2.05) is 30.3 Å². The van der Waals surface area contributed by atoms with E-state index in [-0.39, 0.29) is 6.61 Å². The van der Waals surface area contributed by atoms with E-state index < -0.39 is 5.91 Å². The maximum Gasteiger partial charge on any atom is 0.275 e. The molecule has 6 nitrogen and oxygen atoms in total. The van der Waals surface area contributed by atoms with Crippen molar-refractivity contribution >= 4 is 68.7 Å². The standard InChI is InChI=1S/C33H25Cl2IN2O4/c1-40-31-16-21(15-29(36)32(31)42-19-23-9-6-8-22-7-2-3-10-26(22)23)18-37-38-33(39)27-11-4-5-12-30(27)41-20-24-13-14-25(34)17-28(24)35/h2-18H,19-20H2,1H3,(H,38,39)/b37-18-. The lowest BCUT2D eigenvalue weighted by atomic mass is 10.1. The van der Waals surface area contributed by atoms with Crippen LogP contribution in [0.1, 0.15) is 27.0 Å². The number of hydrogen-bond donors (Lipinski definition) is 1. The number of hydrazone groups is 1. The van der Waals surface area contributed by atoms with Gasteiger partial charge < -0.3 is 14.2 Å². The van der Waals surface area contributed by atoms with Crippen LogP contribution >= 0.6 is 45.8 Å². The third kappa shape index (κ3) is 7.15. The molecule has 5 rings (SSSR count). The number of nitrogens with zero attached hydrogens (tertiary/aromatic N) is 1. The summed E-state index contributed by atoms with van der Waals surface area (Å²) in [6.07, 6.45) is 1.55. The Kier molecular flexibility index (Phi) is 9.84. The number of nitrogens with one attached hydrogen (secondary N) is 1. The first-order valence-corrected chi connectivity index (χ1v) is 14.7. The van der Waals surface area contributed by atoms with Gasteiger partial charge in [-0.3, -0.25) is 4.79 Å². The average Bonchev–Trinajstić information content (AvgIpc) is 3.00. The minimum absolute atomic E-state index is 0.177. The Balaban J connectivity index is 1.25. The Hall–Kier alpha value is -3.79. The molecule has 9 heteroatoms. The number of hydrogen-bond acceptors (Lipinski definition) is 5. The third-order valence-corrected chi connectivity index (χ3v) is 7.80. The molecule has 0 aliphatic carbocycles. The minimum atomic E-state index is -0.416. The highest BCUT2D eigenvalue weighted by molar-refractivity contribution is 14.1. The number of carbonyl (C=O) groups excluding carboxylic acids is 1. The van der Waals surface area contributed by atoms with Crippen molar-refractivity contribution in [2.45, 2.75) is 13.2 Å². The number of rotatable bonds is 10. The number of amides is 1. The number of para-hydroxylation sites is 1. The first-order valence-electron chi connectivity index (χ1n) is 12.9. The molecule has 0 bridgehead atoms. The molecule has 5 aromatic carbocycles. The summed E-state index contributed by atoms with van der Waals surface area (Å²) in [4.78, 5) is 12.9. The summed E-state index contributed by atoms with van der Waals surface area (Å²) >= 11 is 14.4. The molecule has 0 radical (unpaired) electrons. The molecule has 0 aliphatic rings. The second kappa shape index (κ2) is 13.9. The molecule has 42 heavy (non-hydrogen) atoms. The van der Waals surface area contributed by atoms with Crippen molar-refractivity contribution in [2.75, 3.05) is 7.11 Å². The molecule has 1 amide bonds. The molecule has 0 fully saturated rings. The predicted molar refractivity (Wildman–Crippen MR) is 176 cm³/mol. The Labute approximate surface area is 267 Å². The molecule has 0 unspecified atom stereocenters. The fourth-order valence-electron chi connectivity index (χ4n) is 4.32. The Morgan fingerprint density at radius 3 is 2.45 bits per heavy atom. The van der Waals surface area contributed by atoms with Crippen molar-refractivity contribution in [1.82, 2.24) is 5.43 Å². The highest BCUT2D eigenvalue weighted by atomic mass is 127. The van der Waals surface area contributed by atoms with Crippen molar-refractivity contribution in [1.29, 1.82) is 0 Å². The number of methoxy groups -OCH3 is 1. The SMILES string of the molecule is COc1cc(/C=N\NC(=O)c2ccccc2OCc2ccc(Cl)cc2Cl)cc(I)c1OCc1cccc2ccccc12. The van der Waals surface area contributed by atoms with E-state index in [9.17, 15) is 4.79 Å². The van der Waals surface area contributed by atoms with Crippen LogP contribution in [0.3, 0.4) is 0 Å². The molecule has 0 saturated heterocycles. The Bertz CT molecular complexity index is 1770. The summed E-state index contributed by atoms with van der Waals surface area (Å²) in [7, 11) is 1.59. The van der Waals surface area contributed by atoms with Crippen LogP contribution in [0, 0.1) is 3.57 Å². The van der Waals surface area contributed by atoms with E-state index in [2.05, 4.69) is 57.4 Å². The normalized spacial score (nSPS) is 11.0. The summed E-state index contributed by atoms with van der Waals surface area (Å²) in [6.45, 7) is 0.569. The summed E-state index contributed by atoms with van der Waals surface area (Å²) < 4.78 is 18.6. The topological polar surface area (TPSA) is 69.2 Å². The molecule has 0 atom stereocenters. The van der Waals surface area contributed by atoms with E-state index in [0.717, 1.165) is 31.0 Å². The van der Waals surface area contributed by atoms with Gasteiger partial charge in [-0.25, -0.2) is 5.43 Å². The highest BCUT2D eigenvalue weighted by Crippen LogP contribution is 2.35. The summed E-state index contributed by atoms with van der Waals surface area (Å²) in [6, 6.07) is 30.2. The zero-order chi connectivity index (χ0) is 29.5. The van der Waals surface area contributed by atoms with Gasteiger partial charge in [-0.15, -0.1) is 0 Å². The summed E-state index contributed by atoms with van der Waals surface area (Å²) in [5.74, 6) is 1.19. The van der Waals surface area contributed by atoms with Crippen molar-refractivity contribution in [3.05, 3.63) is 133 Å². The van der Waals surface area contributed by atoms with Gasteiger partial charge in [-0.1, -0.05) is 83.9 Å². The van der Waals surface area contributed by atoms with E-state index in [1.54, 1.807) is 55.8 Å². The fraction of sp³-hybridized carbons (Fsp3) is 0.0909. The van der Waals surface area contributed by atoms with Crippen LogP contribution in [0.15, 0.2) is 102 Å². The Morgan fingerprint density at radius 2 is 1.62 bits per heavy atom. The number of fused-ring (bicyclic) bond motifs is 1.